The minimum Gasteiger partial charge on any atom is -0.374 e. The molecule has 3 nitrogen and oxygen atoms in total. The summed E-state index contributed by atoms with van der Waals surface area (Å²) in [6, 6.07) is -0.0784. The van der Waals surface area contributed by atoms with Crippen LogP contribution in [0, 0.1) is 6.20 Å². The molecule has 1 radical (unpaired) electrons. The van der Waals surface area contributed by atoms with E-state index in [2.05, 4.69) is 16.5 Å². The van der Waals surface area contributed by atoms with Crippen LogP contribution in [-0.4, -0.2) is 23.6 Å². The third kappa shape index (κ3) is 1.45. The first-order valence-electron chi connectivity index (χ1n) is 5.36. The number of carbonyl (C=O) groups is 1. The molecule has 0 amide bonds. The van der Waals surface area contributed by atoms with Gasteiger partial charge < -0.3 is 5.32 Å². The molecule has 0 spiro atoms. The van der Waals surface area contributed by atoms with Crippen molar-refractivity contribution in [1.82, 2.24) is 5.32 Å². The van der Waals surface area contributed by atoms with E-state index in [1.807, 2.05) is 30.4 Å². The maximum atomic E-state index is 11.7. The van der Waals surface area contributed by atoms with Crippen LogP contribution in [0.25, 0.3) is 0 Å². The summed E-state index contributed by atoms with van der Waals surface area (Å²) in [7, 11) is 0. The van der Waals surface area contributed by atoms with Crippen molar-refractivity contribution in [3.63, 3.8) is 0 Å². The molecule has 2 atom stereocenters. The maximum Gasteiger partial charge on any atom is 0.201 e. The average molecular weight is 211 g/mol. The van der Waals surface area contributed by atoms with Gasteiger partial charge in [0.1, 0.15) is 5.71 Å². The summed E-state index contributed by atoms with van der Waals surface area (Å²) >= 11 is 0. The molecule has 0 aromatic heterocycles. The highest BCUT2D eigenvalue weighted by atomic mass is 16.1. The molecular weight excluding hydrogens is 200 g/mol. The van der Waals surface area contributed by atoms with Crippen LogP contribution < -0.4 is 5.32 Å². The van der Waals surface area contributed by atoms with E-state index in [4.69, 9.17) is 0 Å². The fourth-order valence-electron chi connectivity index (χ4n) is 2.04. The largest absolute Gasteiger partial charge is 0.374 e. The minimum absolute atomic E-state index is 0.00903. The highest BCUT2D eigenvalue weighted by Crippen LogP contribution is 2.19. The lowest BCUT2D eigenvalue weighted by molar-refractivity contribution is -0.109. The molecule has 0 saturated heterocycles. The van der Waals surface area contributed by atoms with Gasteiger partial charge in [0.25, 0.3) is 0 Å². The number of rotatable bonds is 0. The average Bonchev–Trinajstić information content (AvgIpc) is 2.50. The van der Waals surface area contributed by atoms with Crippen molar-refractivity contribution >= 4 is 11.5 Å². The number of allylic oxidation sites excluding steroid dienone is 3. The monoisotopic (exact) mass is 211 g/mol. The molecule has 0 fully saturated rings. The van der Waals surface area contributed by atoms with Gasteiger partial charge in [-0.25, -0.2) is 0 Å². The number of aliphatic imine (C=N–C) groups is 1. The number of nitrogens with zero attached hydrogens (tertiary/aromatic N) is 1. The van der Waals surface area contributed by atoms with Crippen LogP contribution in [0.2, 0.25) is 0 Å². The van der Waals surface area contributed by atoms with E-state index in [-0.39, 0.29) is 17.9 Å². The van der Waals surface area contributed by atoms with Crippen LogP contribution in [0.5, 0.6) is 0 Å². The van der Waals surface area contributed by atoms with Gasteiger partial charge in [0.15, 0.2) is 0 Å². The smallest absolute Gasteiger partial charge is 0.201 e. The summed E-state index contributed by atoms with van der Waals surface area (Å²) in [6.45, 7) is 0. The predicted octanol–water partition coefficient (Wildman–Crippen LogP) is 1.11. The molecule has 0 saturated carbocycles. The quantitative estimate of drug-likeness (QED) is 0.652. The van der Waals surface area contributed by atoms with Gasteiger partial charge in [0, 0.05) is 5.57 Å². The molecule has 1 aliphatic heterocycles. The molecule has 1 N–H and O–H groups in total. The Kier molecular flexibility index (Phi) is 2.10. The maximum absolute atomic E-state index is 11.7. The number of hydrogen-bond acceptors (Lipinski definition) is 3. The second-order valence-electron chi connectivity index (χ2n) is 3.98. The zero-order valence-electron chi connectivity index (χ0n) is 8.68. The molecule has 0 aromatic rings. The Morgan fingerprint density at radius 1 is 1.38 bits per heavy atom. The lowest BCUT2D eigenvalue weighted by atomic mass is 9.98. The van der Waals surface area contributed by atoms with E-state index in [9.17, 15) is 4.79 Å². The van der Waals surface area contributed by atoms with Crippen molar-refractivity contribution in [3.8, 4) is 0 Å². The Hall–Kier alpha value is -1.90. The van der Waals surface area contributed by atoms with Crippen LogP contribution in [-0.2, 0) is 4.79 Å². The summed E-state index contributed by atoms with van der Waals surface area (Å²) in [6.07, 6.45) is 15.3. The van der Waals surface area contributed by atoms with Crippen molar-refractivity contribution in [2.45, 2.75) is 18.5 Å². The molecule has 3 heteroatoms. The number of hydrogen-bond donors (Lipinski definition) is 1. The molecular formula is C13H11N2O. The van der Waals surface area contributed by atoms with E-state index < -0.39 is 0 Å². The molecule has 2 aliphatic carbocycles. The SMILES string of the molecule is O=C1C=CCC2N[C]=C3C=CC=CC3N=C12. The summed E-state index contributed by atoms with van der Waals surface area (Å²) in [5.41, 5.74) is 1.60. The van der Waals surface area contributed by atoms with E-state index in [0.29, 0.717) is 5.71 Å². The van der Waals surface area contributed by atoms with Crippen molar-refractivity contribution < 1.29 is 4.79 Å². The summed E-state index contributed by atoms with van der Waals surface area (Å²) in [4.78, 5) is 16.2. The molecule has 3 aliphatic rings. The first-order chi connectivity index (χ1) is 7.84. The van der Waals surface area contributed by atoms with Crippen LogP contribution in [0.1, 0.15) is 6.42 Å². The topological polar surface area (TPSA) is 41.5 Å². The van der Waals surface area contributed by atoms with Gasteiger partial charge in [0.2, 0.25) is 5.78 Å². The Bertz CT molecular complexity index is 480. The second kappa shape index (κ2) is 3.59. The molecule has 16 heavy (non-hydrogen) atoms. The van der Waals surface area contributed by atoms with Gasteiger partial charge >= 0.3 is 0 Å². The van der Waals surface area contributed by atoms with Crippen LogP contribution in [0.4, 0.5) is 0 Å². The summed E-state index contributed by atoms with van der Waals surface area (Å²) in [5.74, 6) is 0.00903. The van der Waals surface area contributed by atoms with Crippen LogP contribution in [0.15, 0.2) is 47.0 Å². The molecule has 79 valence electrons. The standard InChI is InChI=1S/C13H11N2O/c16-12-7-3-6-11-13(12)15-10-5-2-1-4-9(10)8-14-11/h1-5,7,10-11,14H,6H2. The van der Waals surface area contributed by atoms with Gasteiger partial charge in [-0.05, 0) is 12.5 Å². The molecule has 0 bridgehead atoms. The number of nitrogens with one attached hydrogen (secondary N) is 1. The van der Waals surface area contributed by atoms with Gasteiger partial charge in [-0.3, -0.25) is 9.79 Å². The van der Waals surface area contributed by atoms with Crippen molar-refractivity contribution in [3.05, 3.63) is 48.2 Å². The van der Waals surface area contributed by atoms with E-state index >= 15 is 0 Å². The normalized spacial score (nSPS) is 30.9. The fourth-order valence-corrected chi connectivity index (χ4v) is 2.04. The zero-order valence-corrected chi connectivity index (χ0v) is 8.68. The minimum atomic E-state index is -0.0621. The van der Waals surface area contributed by atoms with Gasteiger partial charge in [-0.1, -0.05) is 30.4 Å². The van der Waals surface area contributed by atoms with Crippen molar-refractivity contribution in [1.29, 1.82) is 0 Å². The van der Waals surface area contributed by atoms with Gasteiger partial charge in [-0.15, -0.1) is 0 Å². The number of ketones is 1. The van der Waals surface area contributed by atoms with E-state index in [0.717, 1.165) is 12.0 Å². The number of carbonyl (C=O) groups excluding carboxylic acids is 1. The Morgan fingerprint density at radius 3 is 3.25 bits per heavy atom. The van der Waals surface area contributed by atoms with E-state index in [1.165, 1.54) is 0 Å². The van der Waals surface area contributed by atoms with Crippen molar-refractivity contribution in [2.24, 2.45) is 4.99 Å². The highest BCUT2D eigenvalue weighted by Gasteiger charge is 2.27. The summed E-state index contributed by atoms with van der Waals surface area (Å²) in [5, 5.41) is 3.14. The van der Waals surface area contributed by atoms with Crippen LogP contribution in [0.3, 0.4) is 0 Å². The predicted molar refractivity (Wildman–Crippen MR) is 61.9 cm³/mol. The van der Waals surface area contributed by atoms with Gasteiger partial charge in [0.05, 0.1) is 18.3 Å². The molecule has 3 rings (SSSR count). The fraction of sp³-hybridized carbons (Fsp3) is 0.231. The van der Waals surface area contributed by atoms with E-state index in [1.54, 1.807) is 6.08 Å². The second-order valence-corrected chi connectivity index (χ2v) is 3.98. The Morgan fingerprint density at radius 2 is 2.31 bits per heavy atom. The third-order valence-electron chi connectivity index (χ3n) is 2.89. The molecule has 0 aromatic carbocycles. The Labute approximate surface area is 93.9 Å². The highest BCUT2D eigenvalue weighted by molar-refractivity contribution is 6.46. The first-order valence-corrected chi connectivity index (χ1v) is 5.36. The lowest BCUT2D eigenvalue weighted by Gasteiger charge is -2.18. The molecule has 1 heterocycles. The Balaban J connectivity index is 2.03. The zero-order chi connectivity index (χ0) is 11.0. The van der Waals surface area contributed by atoms with Gasteiger partial charge in [-0.2, -0.15) is 0 Å². The molecule has 2 unspecified atom stereocenters. The summed E-state index contributed by atoms with van der Waals surface area (Å²) < 4.78 is 0. The van der Waals surface area contributed by atoms with Crippen molar-refractivity contribution in [2.75, 3.05) is 0 Å². The lowest BCUT2D eigenvalue weighted by Crippen LogP contribution is -2.39. The van der Waals surface area contributed by atoms with Crippen LogP contribution >= 0.6 is 0 Å². The third-order valence-corrected chi connectivity index (χ3v) is 2.89. The first kappa shape index (κ1) is 9.33. The number of fused-ring (bicyclic) bond motifs is 2.